The summed E-state index contributed by atoms with van der Waals surface area (Å²) in [6.45, 7) is 4.72. The number of anilines is 3. The highest BCUT2D eigenvalue weighted by molar-refractivity contribution is 6.23. The lowest BCUT2D eigenvalue weighted by atomic mass is 9.74. The van der Waals surface area contributed by atoms with Crippen LogP contribution in [0, 0.1) is 0 Å². The summed E-state index contributed by atoms with van der Waals surface area (Å²) in [4.78, 5) is 17.7. The van der Waals surface area contributed by atoms with Crippen LogP contribution in [0.1, 0.15) is 25.0 Å². The van der Waals surface area contributed by atoms with Crippen molar-refractivity contribution in [2.75, 3.05) is 4.90 Å². The largest absolute Gasteiger partial charge is 0.454 e. The Labute approximate surface area is 369 Å². The van der Waals surface area contributed by atoms with Gasteiger partial charge in [-0.25, -0.2) is 15.0 Å². The van der Waals surface area contributed by atoms with E-state index in [2.05, 4.69) is 181 Å². The van der Waals surface area contributed by atoms with Crippen LogP contribution in [0.5, 0.6) is 0 Å². The van der Waals surface area contributed by atoms with Crippen LogP contribution in [-0.4, -0.2) is 19.5 Å². The van der Waals surface area contributed by atoms with Gasteiger partial charge in [-0.05, 0) is 82.6 Å². The van der Waals surface area contributed by atoms with Crippen molar-refractivity contribution in [3.05, 3.63) is 211 Å². The van der Waals surface area contributed by atoms with Gasteiger partial charge in [0.1, 0.15) is 5.58 Å². The van der Waals surface area contributed by atoms with Crippen LogP contribution in [0.15, 0.2) is 205 Å². The Balaban J connectivity index is 1.09. The van der Waals surface area contributed by atoms with Gasteiger partial charge in [0.05, 0.1) is 22.4 Å². The summed E-state index contributed by atoms with van der Waals surface area (Å²) in [6, 6.07) is 70.7. The third kappa shape index (κ3) is 5.42. The van der Waals surface area contributed by atoms with Crippen molar-refractivity contribution >= 4 is 71.6 Å². The van der Waals surface area contributed by atoms with E-state index in [9.17, 15) is 0 Å². The molecule has 0 spiro atoms. The second-order valence-corrected chi connectivity index (χ2v) is 17.2. The molecule has 0 aliphatic carbocycles. The van der Waals surface area contributed by atoms with E-state index in [4.69, 9.17) is 19.4 Å². The van der Waals surface area contributed by atoms with E-state index in [1.54, 1.807) is 0 Å². The summed E-state index contributed by atoms with van der Waals surface area (Å²) >= 11 is 0. The summed E-state index contributed by atoms with van der Waals surface area (Å²) in [5, 5.41) is 7.06. The summed E-state index contributed by atoms with van der Waals surface area (Å²) in [5.41, 5.74) is 13.1. The van der Waals surface area contributed by atoms with Gasteiger partial charge in [0.15, 0.2) is 23.1 Å². The molecule has 0 atom stereocenters. The van der Waals surface area contributed by atoms with E-state index in [-0.39, 0.29) is 0 Å². The molecule has 0 saturated carbocycles. The highest BCUT2D eigenvalue weighted by atomic mass is 16.3. The first kappa shape index (κ1) is 36.3. The summed E-state index contributed by atoms with van der Waals surface area (Å²) < 4.78 is 9.24. The number of benzene rings is 9. The first-order valence-corrected chi connectivity index (χ1v) is 21.8. The summed E-state index contributed by atoms with van der Waals surface area (Å²) in [5.74, 6) is 1.91. The Kier molecular flexibility index (Phi) is 7.85. The molecule has 1 aliphatic rings. The van der Waals surface area contributed by atoms with Crippen molar-refractivity contribution in [2.45, 2.75) is 19.3 Å². The second kappa shape index (κ2) is 13.8. The molecule has 0 bridgehead atoms. The average Bonchev–Trinajstić information content (AvgIpc) is 3.91. The number of nitrogens with zero attached hydrogens (tertiary/aromatic N) is 5. The number of para-hydroxylation sites is 3. The zero-order valence-electron chi connectivity index (χ0n) is 35.2. The monoisotopic (exact) mass is 821 g/mol. The minimum absolute atomic E-state index is 0.453. The molecule has 6 nitrogen and oxygen atoms in total. The lowest BCUT2D eigenvalue weighted by Crippen LogP contribution is -2.27. The summed E-state index contributed by atoms with van der Waals surface area (Å²) in [6.07, 6.45) is 0. The Bertz CT molecular complexity index is 3760. The quantitative estimate of drug-likeness (QED) is 0.167. The fourth-order valence-electron chi connectivity index (χ4n) is 10.1. The smallest absolute Gasteiger partial charge is 0.164 e. The van der Waals surface area contributed by atoms with Gasteiger partial charge in [-0.15, -0.1) is 0 Å². The number of fused-ring (bicyclic) bond motifs is 10. The zero-order chi connectivity index (χ0) is 42.5. The first-order chi connectivity index (χ1) is 31.5. The number of aromatic nitrogens is 4. The SMILES string of the molecule is CC1(C)c2cc(-c3nc(-c4ccccc4)nc(-c4ccccc4)n3)ccc2-n2c3ccc4ccccc4c3c3cc(N(c4ccccc4)c4cccc5c4oc4ccccc45)cc1c32. The Morgan fingerprint density at radius 2 is 1.09 bits per heavy atom. The van der Waals surface area contributed by atoms with Crippen LogP contribution in [0.3, 0.4) is 0 Å². The molecule has 64 heavy (non-hydrogen) atoms. The minimum atomic E-state index is -0.453. The average molecular weight is 822 g/mol. The molecule has 0 fully saturated rings. The topological polar surface area (TPSA) is 60.0 Å². The number of hydrogen-bond donors (Lipinski definition) is 0. The van der Waals surface area contributed by atoms with Gasteiger partial charge in [0, 0.05) is 55.0 Å². The van der Waals surface area contributed by atoms with E-state index in [1.807, 2.05) is 42.5 Å². The fraction of sp³-hybridized carbons (Fsp3) is 0.0517. The number of rotatable bonds is 6. The number of hydrogen-bond acceptors (Lipinski definition) is 5. The van der Waals surface area contributed by atoms with Crippen molar-refractivity contribution in [2.24, 2.45) is 0 Å². The van der Waals surface area contributed by atoms with E-state index in [1.165, 1.54) is 43.7 Å². The first-order valence-electron chi connectivity index (χ1n) is 21.8. The van der Waals surface area contributed by atoms with Gasteiger partial charge < -0.3 is 13.9 Å². The third-order valence-corrected chi connectivity index (χ3v) is 13.2. The van der Waals surface area contributed by atoms with E-state index in [0.717, 1.165) is 61.4 Å². The van der Waals surface area contributed by atoms with Gasteiger partial charge in [0.25, 0.3) is 0 Å². The van der Waals surface area contributed by atoms with E-state index < -0.39 is 5.41 Å². The highest BCUT2D eigenvalue weighted by Crippen LogP contribution is 2.52. The van der Waals surface area contributed by atoms with Crippen LogP contribution in [0.2, 0.25) is 0 Å². The van der Waals surface area contributed by atoms with Crippen LogP contribution in [-0.2, 0) is 5.41 Å². The highest BCUT2D eigenvalue weighted by Gasteiger charge is 2.37. The molecule has 6 heteroatoms. The minimum Gasteiger partial charge on any atom is -0.454 e. The molecule has 9 aromatic carbocycles. The van der Waals surface area contributed by atoms with Crippen molar-refractivity contribution < 1.29 is 4.42 Å². The molecule has 12 aromatic rings. The molecule has 0 radical (unpaired) electrons. The second-order valence-electron chi connectivity index (χ2n) is 17.2. The maximum absolute atomic E-state index is 6.75. The third-order valence-electron chi connectivity index (χ3n) is 13.2. The van der Waals surface area contributed by atoms with Gasteiger partial charge in [-0.1, -0.05) is 153 Å². The predicted octanol–water partition coefficient (Wildman–Crippen LogP) is 15.1. The molecule has 302 valence electrons. The molecule has 0 unspecified atom stereocenters. The Morgan fingerprint density at radius 3 is 1.83 bits per heavy atom. The van der Waals surface area contributed by atoms with Crippen molar-refractivity contribution in [3.8, 4) is 39.9 Å². The van der Waals surface area contributed by atoms with Gasteiger partial charge >= 0.3 is 0 Å². The molecule has 0 amide bonds. The van der Waals surface area contributed by atoms with Crippen molar-refractivity contribution in [1.29, 1.82) is 0 Å². The Hall–Kier alpha value is -8.35. The Morgan fingerprint density at radius 1 is 0.469 bits per heavy atom. The van der Waals surface area contributed by atoms with Gasteiger partial charge in [0.2, 0.25) is 0 Å². The zero-order valence-corrected chi connectivity index (χ0v) is 35.2. The summed E-state index contributed by atoms with van der Waals surface area (Å²) in [7, 11) is 0. The molecule has 0 saturated heterocycles. The lowest BCUT2D eigenvalue weighted by molar-refractivity contribution is 0.630. The van der Waals surface area contributed by atoms with E-state index in [0.29, 0.717) is 17.5 Å². The molecule has 4 heterocycles. The van der Waals surface area contributed by atoms with Gasteiger partial charge in [-0.3, -0.25) is 0 Å². The normalized spacial score (nSPS) is 13.0. The van der Waals surface area contributed by atoms with Crippen LogP contribution in [0.25, 0.3) is 94.4 Å². The van der Waals surface area contributed by atoms with Crippen LogP contribution >= 0.6 is 0 Å². The number of furan rings is 1. The predicted molar refractivity (Wildman–Crippen MR) is 262 cm³/mol. The molecule has 1 aliphatic heterocycles. The molecule has 0 N–H and O–H groups in total. The van der Waals surface area contributed by atoms with E-state index >= 15 is 0 Å². The van der Waals surface area contributed by atoms with Crippen molar-refractivity contribution in [3.63, 3.8) is 0 Å². The standard InChI is InChI=1S/C58H39N5O/c1-58(2)46-33-39(57-60-55(37-18-6-3-7-19-37)59-56(61-57)38-20-8-4-9-21-38)30-31-48(46)63-49-32-29-36-17-12-13-24-42(36)52(49)45-34-41(35-47(58)53(45)63)62(40-22-10-5-11-23-40)50-27-16-26-44-43-25-14-15-28-51(43)64-54(44)50/h3-35H,1-2H3. The maximum atomic E-state index is 6.75. The fourth-order valence-corrected chi connectivity index (χ4v) is 10.1. The van der Waals surface area contributed by atoms with Crippen molar-refractivity contribution in [1.82, 2.24) is 19.5 Å². The molecular weight excluding hydrogens is 783 g/mol. The van der Waals surface area contributed by atoms with Crippen LogP contribution < -0.4 is 4.90 Å². The molecule has 3 aromatic heterocycles. The maximum Gasteiger partial charge on any atom is 0.164 e. The lowest BCUT2D eigenvalue weighted by Gasteiger charge is -2.36. The molecular formula is C58H39N5O. The van der Waals surface area contributed by atoms with Crippen LogP contribution in [0.4, 0.5) is 17.1 Å². The molecule has 13 rings (SSSR count). The van der Waals surface area contributed by atoms with Gasteiger partial charge in [-0.2, -0.15) is 0 Å².